The molecule has 0 bridgehead atoms. The summed E-state index contributed by atoms with van der Waals surface area (Å²) in [5.74, 6) is -4.57. The minimum atomic E-state index is -2.51. The number of alkyl halides is 1. The number of carbonyl (C=O) groups is 2. The van der Waals surface area contributed by atoms with Gasteiger partial charge in [0.1, 0.15) is 5.75 Å². The third kappa shape index (κ3) is 3.89. The zero-order valence-corrected chi connectivity index (χ0v) is 14.1. The molecule has 3 rings (SSSR count). The Labute approximate surface area is 153 Å². The highest BCUT2D eigenvalue weighted by molar-refractivity contribution is 5.85. The number of hydrogen-bond donors (Lipinski definition) is 1. The molecule has 1 heterocycles. The van der Waals surface area contributed by atoms with Crippen molar-refractivity contribution in [2.75, 3.05) is 13.1 Å². The SMILES string of the molecule is O=C(C(Oc1ccc(F)c(F)c1)c1ccccc1)N1CCC(F)(C(=O)O)C1. The van der Waals surface area contributed by atoms with Gasteiger partial charge in [0, 0.05) is 24.6 Å². The second-order valence-corrected chi connectivity index (χ2v) is 6.26. The van der Waals surface area contributed by atoms with E-state index in [0.717, 1.165) is 17.0 Å². The van der Waals surface area contributed by atoms with Gasteiger partial charge >= 0.3 is 5.97 Å². The van der Waals surface area contributed by atoms with Crippen molar-refractivity contribution in [1.29, 1.82) is 0 Å². The van der Waals surface area contributed by atoms with Crippen molar-refractivity contribution in [3.05, 3.63) is 65.7 Å². The topological polar surface area (TPSA) is 66.8 Å². The number of likely N-dealkylation sites (tertiary alicyclic amines) is 1. The number of carboxylic acid groups (broad SMARTS) is 1. The molecule has 0 aliphatic carbocycles. The maximum Gasteiger partial charge on any atom is 0.343 e. The molecule has 0 aromatic heterocycles. The van der Waals surface area contributed by atoms with E-state index >= 15 is 0 Å². The minimum absolute atomic E-state index is 0.0833. The minimum Gasteiger partial charge on any atom is -0.479 e. The monoisotopic (exact) mass is 379 g/mol. The molecule has 2 unspecified atom stereocenters. The van der Waals surface area contributed by atoms with E-state index in [-0.39, 0.29) is 18.7 Å². The van der Waals surface area contributed by atoms with Crippen LogP contribution in [0.2, 0.25) is 0 Å². The Morgan fingerprint density at radius 3 is 2.41 bits per heavy atom. The number of ether oxygens (including phenoxy) is 1. The average molecular weight is 379 g/mol. The number of hydrogen-bond acceptors (Lipinski definition) is 3. The van der Waals surface area contributed by atoms with E-state index in [9.17, 15) is 22.8 Å². The lowest BCUT2D eigenvalue weighted by atomic mass is 10.1. The molecule has 1 fully saturated rings. The van der Waals surface area contributed by atoms with Crippen LogP contribution in [0.15, 0.2) is 48.5 Å². The highest BCUT2D eigenvalue weighted by Gasteiger charge is 2.48. The van der Waals surface area contributed by atoms with Crippen molar-refractivity contribution in [2.24, 2.45) is 0 Å². The fourth-order valence-corrected chi connectivity index (χ4v) is 2.88. The van der Waals surface area contributed by atoms with Crippen LogP contribution in [0, 0.1) is 11.6 Å². The summed E-state index contributed by atoms with van der Waals surface area (Å²) < 4.78 is 46.5. The number of amides is 1. The van der Waals surface area contributed by atoms with Gasteiger partial charge < -0.3 is 14.7 Å². The number of aliphatic carboxylic acids is 1. The molecule has 2 aromatic rings. The third-order valence-electron chi connectivity index (χ3n) is 4.39. The maximum atomic E-state index is 14.3. The molecule has 0 spiro atoms. The van der Waals surface area contributed by atoms with Gasteiger partial charge in [-0.05, 0) is 12.1 Å². The number of carbonyl (C=O) groups excluding carboxylic acids is 1. The van der Waals surface area contributed by atoms with Crippen molar-refractivity contribution < 1.29 is 32.6 Å². The summed E-state index contributed by atoms with van der Waals surface area (Å²) in [7, 11) is 0. The van der Waals surface area contributed by atoms with Crippen molar-refractivity contribution in [1.82, 2.24) is 4.90 Å². The molecule has 5 nitrogen and oxygen atoms in total. The second-order valence-electron chi connectivity index (χ2n) is 6.26. The molecule has 2 atom stereocenters. The largest absolute Gasteiger partial charge is 0.479 e. The van der Waals surface area contributed by atoms with E-state index in [1.807, 2.05) is 0 Å². The van der Waals surface area contributed by atoms with Crippen LogP contribution < -0.4 is 4.74 Å². The highest BCUT2D eigenvalue weighted by Crippen LogP contribution is 2.31. The Kier molecular flexibility index (Phi) is 5.07. The van der Waals surface area contributed by atoms with Crippen LogP contribution in [0.5, 0.6) is 5.75 Å². The zero-order valence-electron chi connectivity index (χ0n) is 14.1. The first-order valence-electron chi connectivity index (χ1n) is 8.18. The molecule has 1 aliphatic heterocycles. The molecule has 1 amide bonds. The van der Waals surface area contributed by atoms with E-state index in [2.05, 4.69) is 0 Å². The number of nitrogens with zero attached hydrogens (tertiary/aromatic N) is 1. The molecule has 142 valence electrons. The van der Waals surface area contributed by atoms with Crippen LogP contribution in [-0.2, 0) is 9.59 Å². The van der Waals surface area contributed by atoms with Crippen LogP contribution in [0.3, 0.4) is 0 Å². The Morgan fingerprint density at radius 1 is 1.11 bits per heavy atom. The number of rotatable bonds is 5. The van der Waals surface area contributed by atoms with Crippen LogP contribution in [-0.4, -0.2) is 40.6 Å². The van der Waals surface area contributed by atoms with Gasteiger partial charge in [0.25, 0.3) is 5.91 Å². The summed E-state index contributed by atoms with van der Waals surface area (Å²) in [6, 6.07) is 11.1. The standard InChI is InChI=1S/C19H16F3NO4/c20-14-7-6-13(10-15(14)21)27-16(12-4-2-1-3-5-12)17(24)23-9-8-19(22,11-23)18(25)26/h1-7,10,16H,8-9,11H2,(H,25,26). The van der Waals surface area contributed by atoms with Gasteiger partial charge in [-0.1, -0.05) is 30.3 Å². The summed E-state index contributed by atoms with van der Waals surface area (Å²) >= 11 is 0. The summed E-state index contributed by atoms with van der Waals surface area (Å²) in [4.78, 5) is 25.0. The van der Waals surface area contributed by atoms with Crippen LogP contribution >= 0.6 is 0 Å². The molecule has 8 heteroatoms. The smallest absolute Gasteiger partial charge is 0.343 e. The predicted octanol–water partition coefficient (Wildman–Crippen LogP) is 3.11. The van der Waals surface area contributed by atoms with Gasteiger partial charge in [-0.25, -0.2) is 18.0 Å². The lowest BCUT2D eigenvalue weighted by Gasteiger charge is -2.25. The van der Waals surface area contributed by atoms with Crippen LogP contribution in [0.1, 0.15) is 18.1 Å². The second kappa shape index (κ2) is 7.30. The Hall–Kier alpha value is -3.03. The van der Waals surface area contributed by atoms with E-state index < -0.39 is 41.8 Å². The normalized spacial score (nSPS) is 20.3. The zero-order chi connectivity index (χ0) is 19.6. The van der Waals surface area contributed by atoms with Crippen molar-refractivity contribution in [2.45, 2.75) is 18.2 Å². The molecule has 1 aliphatic rings. The van der Waals surface area contributed by atoms with Crippen LogP contribution in [0.4, 0.5) is 13.2 Å². The molecule has 0 saturated carbocycles. The van der Waals surface area contributed by atoms with Crippen molar-refractivity contribution in [3.8, 4) is 5.75 Å². The van der Waals surface area contributed by atoms with E-state index in [0.29, 0.717) is 5.56 Å². The third-order valence-corrected chi connectivity index (χ3v) is 4.39. The Bertz CT molecular complexity index is 861. The number of carboxylic acids is 1. The molecule has 1 N–H and O–H groups in total. The average Bonchev–Trinajstić information content (AvgIpc) is 3.06. The predicted molar refractivity (Wildman–Crippen MR) is 88.8 cm³/mol. The molecular weight excluding hydrogens is 363 g/mol. The van der Waals surface area contributed by atoms with Gasteiger partial charge in [0.15, 0.2) is 11.6 Å². The maximum absolute atomic E-state index is 14.3. The van der Waals surface area contributed by atoms with Crippen LogP contribution in [0.25, 0.3) is 0 Å². The van der Waals surface area contributed by atoms with Gasteiger partial charge in [-0.15, -0.1) is 0 Å². The molecular formula is C19H16F3NO4. The molecule has 27 heavy (non-hydrogen) atoms. The quantitative estimate of drug-likeness (QED) is 0.867. The Balaban J connectivity index is 1.87. The van der Waals surface area contributed by atoms with E-state index in [1.54, 1.807) is 30.3 Å². The van der Waals surface area contributed by atoms with Gasteiger partial charge in [0.05, 0.1) is 6.54 Å². The first-order valence-corrected chi connectivity index (χ1v) is 8.18. The van der Waals surface area contributed by atoms with Gasteiger partial charge in [-0.3, -0.25) is 4.79 Å². The summed E-state index contributed by atoms with van der Waals surface area (Å²) in [6.45, 7) is -0.697. The first kappa shape index (κ1) is 18.8. The molecule has 2 aromatic carbocycles. The van der Waals surface area contributed by atoms with Crippen molar-refractivity contribution >= 4 is 11.9 Å². The summed E-state index contributed by atoms with van der Waals surface area (Å²) in [5.41, 5.74) is -2.10. The van der Waals surface area contributed by atoms with Gasteiger partial charge in [-0.2, -0.15) is 0 Å². The Morgan fingerprint density at radius 2 is 1.81 bits per heavy atom. The first-order chi connectivity index (χ1) is 12.8. The molecule has 1 saturated heterocycles. The fourth-order valence-electron chi connectivity index (χ4n) is 2.88. The fraction of sp³-hybridized carbons (Fsp3) is 0.263. The van der Waals surface area contributed by atoms with Gasteiger partial charge in [0.2, 0.25) is 11.8 Å². The van der Waals surface area contributed by atoms with E-state index in [1.165, 1.54) is 6.07 Å². The highest BCUT2D eigenvalue weighted by atomic mass is 19.2. The lowest BCUT2D eigenvalue weighted by Crippen LogP contribution is -2.41. The van der Waals surface area contributed by atoms with E-state index in [4.69, 9.17) is 9.84 Å². The number of halogens is 3. The molecule has 0 radical (unpaired) electrons. The summed E-state index contributed by atoms with van der Waals surface area (Å²) in [6.07, 6.45) is -1.59. The lowest BCUT2D eigenvalue weighted by molar-refractivity contribution is -0.150. The van der Waals surface area contributed by atoms with Crippen molar-refractivity contribution in [3.63, 3.8) is 0 Å². The summed E-state index contributed by atoms with van der Waals surface area (Å²) in [5, 5.41) is 9.00. The number of benzene rings is 2.